The number of nitrogens with one attached hydrogen (secondary N) is 3. The Morgan fingerprint density at radius 3 is 2.34 bits per heavy atom. The molecule has 10 rings (SSSR count). The van der Waals surface area contributed by atoms with Gasteiger partial charge in [-0.15, -0.1) is 0 Å². The minimum Gasteiger partial charge on any atom is -0.372 e. The van der Waals surface area contributed by atoms with Crippen LogP contribution in [0.25, 0.3) is 22.2 Å². The number of benzene rings is 3. The lowest BCUT2D eigenvalue weighted by atomic mass is 9.87. The summed E-state index contributed by atoms with van der Waals surface area (Å²) in [4.78, 5) is 65.0. The van der Waals surface area contributed by atoms with E-state index in [2.05, 4.69) is 54.1 Å². The summed E-state index contributed by atoms with van der Waals surface area (Å²) in [5.74, 6) is -3.22. The number of aromatic nitrogens is 2. The summed E-state index contributed by atoms with van der Waals surface area (Å²) >= 11 is 0. The smallest absolute Gasteiger partial charge is 0.255 e. The Morgan fingerprint density at radius 2 is 1.61 bits per heavy atom. The average molecular weight is 890 g/mol. The van der Waals surface area contributed by atoms with Gasteiger partial charge in [0.15, 0.2) is 5.82 Å². The molecule has 0 radical (unpaired) electrons. The van der Waals surface area contributed by atoms with Crippen molar-refractivity contribution in [2.45, 2.75) is 69.9 Å². The van der Waals surface area contributed by atoms with E-state index in [1.54, 1.807) is 17.2 Å². The number of nitrogens with zero attached hydrogens (tertiary/aromatic N) is 4. The summed E-state index contributed by atoms with van der Waals surface area (Å²) in [6.45, 7) is 5.41. The number of sulfonamides is 1. The van der Waals surface area contributed by atoms with Crippen LogP contribution < -0.4 is 14.9 Å². The van der Waals surface area contributed by atoms with Gasteiger partial charge < -0.3 is 19.7 Å². The maximum atomic E-state index is 15.6. The lowest BCUT2D eigenvalue weighted by Gasteiger charge is -2.38. The molecular weight excluding hydrogens is 841 g/mol. The van der Waals surface area contributed by atoms with Crippen LogP contribution in [0.4, 0.5) is 20.2 Å². The maximum absolute atomic E-state index is 15.6. The van der Waals surface area contributed by atoms with Crippen molar-refractivity contribution >= 4 is 55.9 Å². The molecule has 13 nitrogen and oxygen atoms in total. The summed E-state index contributed by atoms with van der Waals surface area (Å²) < 4.78 is 58.0. The van der Waals surface area contributed by atoms with Gasteiger partial charge in [0, 0.05) is 72.8 Å². The molecule has 3 saturated heterocycles. The summed E-state index contributed by atoms with van der Waals surface area (Å²) in [5.41, 5.74) is 4.64. The van der Waals surface area contributed by atoms with E-state index in [-0.39, 0.29) is 35.5 Å². The molecule has 4 fully saturated rings. The van der Waals surface area contributed by atoms with Crippen LogP contribution in [-0.4, -0.2) is 96.2 Å². The molecule has 5 aromatic rings. The van der Waals surface area contributed by atoms with Crippen LogP contribution in [0.1, 0.15) is 94.7 Å². The molecule has 4 aliphatic heterocycles. The number of rotatable bonds is 12. The standard InChI is InChI=1S/C48H49F2N7O6S/c49-39-9-10-40(54-64(62,63)27-29-1-2-29)44(50)43(39)45(59)38-24-52-46-37(38)22-33(23-51-46)30-3-6-35(7-4-30)56-19-13-28(14-20-56)25-55-17-15-31(16-18-55)32-5-8-36-34(21-32)26-57(48(36)61)41-11-12-42(58)53-47(41)60/h3-10,21-24,28-29,31,41,54H,1-2,11-20,25-27H2,(H,51,52)(H,53,58,60)/t41-/m0/s1. The molecule has 1 aliphatic carbocycles. The number of amides is 3. The zero-order chi connectivity index (χ0) is 44.3. The molecule has 332 valence electrons. The van der Waals surface area contributed by atoms with E-state index in [0.717, 1.165) is 106 Å². The average Bonchev–Trinajstić information content (AvgIpc) is 3.89. The molecule has 0 bridgehead atoms. The number of H-pyrrole nitrogens is 1. The van der Waals surface area contributed by atoms with Gasteiger partial charge in [-0.25, -0.2) is 22.2 Å². The molecule has 2 aromatic heterocycles. The highest BCUT2D eigenvalue weighted by atomic mass is 32.2. The molecule has 6 heterocycles. The Labute approximate surface area is 369 Å². The van der Waals surface area contributed by atoms with Crippen molar-refractivity contribution in [3.63, 3.8) is 0 Å². The SMILES string of the molecule is O=C1CC[C@H](N2Cc3cc(C4CCN(CC5CCN(c6ccc(-c7cnc8[nH]cc(C(=O)c9c(F)ccc(NS(=O)(=O)CC%10CC%10)c9F)c8c7)cc6)CC5)CC4)ccc3C2=O)C(=O)N1. The van der Waals surface area contributed by atoms with E-state index in [4.69, 9.17) is 0 Å². The minimum absolute atomic E-state index is 0.0170. The van der Waals surface area contributed by atoms with Crippen molar-refractivity contribution in [1.82, 2.24) is 25.1 Å². The highest BCUT2D eigenvalue weighted by Gasteiger charge is 2.39. The minimum atomic E-state index is -3.87. The first-order chi connectivity index (χ1) is 30.9. The number of imide groups is 1. The number of carbonyl (C=O) groups excluding carboxylic acids is 4. The third-order valence-corrected chi connectivity index (χ3v) is 15.3. The van der Waals surface area contributed by atoms with Gasteiger partial charge in [0.1, 0.15) is 17.5 Å². The van der Waals surface area contributed by atoms with Gasteiger partial charge in [-0.1, -0.05) is 24.3 Å². The number of hydrogen-bond acceptors (Lipinski definition) is 9. The fourth-order valence-corrected chi connectivity index (χ4v) is 11.6. The number of pyridine rings is 1. The summed E-state index contributed by atoms with van der Waals surface area (Å²) in [6, 6.07) is 17.4. The molecule has 64 heavy (non-hydrogen) atoms. The van der Waals surface area contributed by atoms with Crippen molar-refractivity contribution in [3.05, 3.63) is 113 Å². The summed E-state index contributed by atoms with van der Waals surface area (Å²) in [7, 11) is -3.87. The zero-order valence-corrected chi connectivity index (χ0v) is 36.1. The van der Waals surface area contributed by atoms with E-state index in [0.29, 0.717) is 41.4 Å². The number of likely N-dealkylation sites (tertiary alicyclic amines) is 1. The van der Waals surface area contributed by atoms with Gasteiger partial charge in [-0.3, -0.25) is 29.2 Å². The van der Waals surface area contributed by atoms with Crippen LogP contribution in [0, 0.1) is 23.5 Å². The number of carbonyl (C=O) groups is 4. The Kier molecular flexibility index (Phi) is 11.1. The molecule has 5 aliphatic rings. The normalized spacial score (nSPS) is 20.2. The Hall–Kier alpha value is -6.00. The van der Waals surface area contributed by atoms with Gasteiger partial charge in [0.2, 0.25) is 27.6 Å². The third-order valence-electron chi connectivity index (χ3n) is 13.8. The predicted octanol–water partition coefficient (Wildman–Crippen LogP) is 6.75. The van der Waals surface area contributed by atoms with Gasteiger partial charge in [-0.2, -0.15) is 0 Å². The quantitative estimate of drug-likeness (QED) is 0.0909. The molecule has 1 atom stereocenters. The zero-order valence-electron chi connectivity index (χ0n) is 35.2. The second-order valence-electron chi connectivity index (χ2n) is 18.1. The number of fused-ring (bicyclic) bond motifs is 2. The first-order valence-corrected chi connectivity index (χ1v) is 23.9. The predicted molar refractivity (Wildman–Crippen MR) is 237 cm³/mol. The topological polar surface area (TPSA) is 165 Å². The van der Waals surface area contributed by atoms with Gasteiger partial charge in [0.25, 0.3) is 5.91 Å². The Bertz CT molecular complexity index is 2790. The fourth-order valence-electron chi connectivity index (χ4n) is 10.0. The third kappa shape index (κ3) is 8.40. The fraction of sp³-hybridized carbons (Fsp3) is 0.396. The lowest BCUT2D eigenvalue weighted by molar-refractivity contribution is -0.136. The van der Waals surface area contributed by atoms with Crippen molar-refractivity contribution in [1.29, 1.82) is 0 Å². The first-order valence-electron chi connectivity index (χ1n) is 22.2. The molecule has 0 unspecified atom stereocenters. The van der Waals surface area contributed by atoms with Crippen molar-refractivity contribution < 1.29 is 36.4 Å². The Balaban J connectivity index is 0.727. The number of piperidine rings is 3. The lowest BCUT2D eigenvalue weighted by Crippen LogP contribution is -2.52. The van der Waals surface area contributed by atoms with Gasteiger partial charge in [-0.05, 0) is 129 Å². The van der Waals surface area contributed by atoms with Crippen molar-refractivity contribution in [2.75, 3.05) is 48.1 Å². The second kappa shape index (κ2) is 16.8. The maximum Gasteiger partial charge on any atom is 0.255 e. The van der Waals surface area contributed by atoms with Crippen LogP contribution in [0.5, 0.6) is 0 Å². The first kappa shape index (κ1) is 42.0. The molecule has 1 saturated carbocycles. The van der Waals surface area contributed by atoms with Crippen LogP contribution in [0.3, 0.4) is 0 Å². The molecular formula is C48H49F2N7O6S. The highest BCUT2D eigenvalue weighted by molar-refractivity contribution is 7.92. The Morgan fingerprint density at radius 1 is 0.844 bits per heavy atom. The monoisotopic (exact) mass is 889 g/mol. The molecule has 0 spiro atoms. The highest BCUT2D eigenvalue weighted by Crippen LogP contribution is 2.36. The van der Waals surface area contributed by atoms with E-state index in [9.17, 15) is 27.6 Å². The largest absolute Gasteiger partial charge is 0.372 e. The van der Waals surface area contributed by atoms with Gasteiger partial charge in [0.05, 0.1) is 17.0 Å². The summed E-state index contributed by atoms with van der Waals surface area (Å²) in [5, 5.41) is 2.76. The van der Waals surface area contributed by atoms with Gasteiger partial charge >= 0.3 is 0 Å². The second-order valence-corrected chi connectivity index (χ2v) is 19.9. The molecule has 3 amide bonds. The number of halogens is 2. The number of aromatic amines is 1. The van der Waals surface area contributed by atoms with E-state index >= 15 is 8.78 Å². The molecule has 16 heteroatoms. The molecule has 3 N–H and O–H groups in total. The number of anilines is 2. The van der Waals surface area contributed by atoms with Crippen LogP contribution in [-0.2, 0) is 26.2 Å². The van der Waals surface area contributed by atoms with E-state index in [1.165, 1.54) is 11.8 Å². The number of ketones is 1. The van der Waals surface area contributed by atoms with Crippen LogP contribution in [0.2, 0.25) is 0 Å². The van der Waals surface area contributed by atoms with E-state index in [1.807, 2.05) is 18.2 Å². The molecule has 3 aromatic carbocycles. The van der Waals surface area contributed by atoms with Crippen molar-refractivity contribution in [2.24, 2.45) is 11.8 Å². The number of hydrogen-bond donors (Lipinski definition) is 3. The van der Waals surface area contributed by atoms with Crippen LogP contribution in [0.15, 0.2) is 73.1 Å². The van der Waals surface area contributed by atoms with Crippen molar-refractivity contribution in [3.8, 4) is 11.1 Å². The van der Waals surface area contributed by atoms with E-state index < -0.39 is 50.6 Å². The van der Waals surface area contributed by atoms with Crippen LogP contribution >= 0.6 is 0 Å². The summed E-state index contributed by atoms with van der Waals surface area (Å²) in [6.07, 6.45) is 9.49.